The van der Waals surface area contributed by atoms with E-state index in [1.165, 1.54) is 18.2 Å². The molecule has 0 unspecified atom stereocenters. The van der Waals surface area contributed by atoms with Crippen molar-refractivity contribution in [3.8, 4) is 5.88 Å². The molecule has 0 amide bonds. The number of pyridine rings is 1. The van der Waals surface area contributed by atoms with Crippen molar-refractivity contribution in [3.63, 3.8) is 0 Å². The molecule has 0 aliphatic rings. The highest BCUT2D eigenvalue weighted by atomic mass is 16.5. The first-order valence-electron chi connectivity index (χ1n) is 4.28. The van der Waals surface area contributed by atoms with E-state index in [1.807, 2.05) is 0 Å². The van der Waals surface area contributed by atoms with E-state index in [2.05, 4.69) is 9.72 Å². The number of carbonyl (C=O) groups is 1. The third kappa shape index (κ3) is 1.67. The van der Waals surface area contributed by atoms with Crippen LogP contribution in [0.4, 0.5) is 0 Å². The Hall–Kier alpha value is -1.58. The number of hydrogen-bond donors (Lipinski definition) is 1. The number of carboxylic acid groups (broad SMARTS) is 1. The lowest BCUT2D eigenvalue weighted by molar-refractivity contribution is 0.0689. The number of hydrogen-bond acceptors (Lipinski definition) is 3. The van der Waals surface area contributed by atoms with Crippen molar-refractivity contribution in [1.29, 1.82) is 0 Å². The van der Waals surface area contributed by atoms with Gasteiger partial charge < -0.3 is 9.84 Å². The quantitative estimate of drug-likeness (QED) is 0.687. The molecular weight excluding hydrogens is 146 g/mol. The summed E-state index contributed by atoms with van der Waals surface area (Å²) in [6.07, 6.45) is 0. The fraction of sp³-hybridized carbons (Fsp3) is 0.143. The van der Waals surface area contributed by atoms with Gasteiger partial charge in [0.15, 0.2) is 5.69 Å². The van der Waals surface area contributed by atoms with Gasteiger partial charge in [-0.3, -0.25) is 0 Å². The fourth-order valence-corrected chi connectivity index (χ4v) is 0.591. The maximum atomic E-state index is 10.5. The minimum atomic E-state index is -2.62. The molecule has 0 saturated heterocycles. The molecule has 0 radical (unpaired) electrons. The van der Waals surface area contributed by atoms with Crippen molar-refractivity contribution in [2.75, 3.05) is 7.04 Å². The number of methoxy groups -OCH3 is 1. The smallest absolute Gasteiger partial charge is 0.354 e. The molecule has 58 valence electrons. The van der Waals surface area contributed by atoms with Crippen molar-refractivity contribution >= 4 is 5.97 Å². The van der Waals surface area contributed by atoms with E-state index in [0.717, 1.165) is 0 Å². The molecule has 0 spiro atoms. The van der Waals surface area contributed by atoms with Crippen LogP contribution in [0.25, 0.3) is 0 Å². The summed E-state index contributed by atoms with van der Waals surface area (Å²) in [5.74, 6) is -1.47. The molecule has 11 heavy (non-hydrogen) atoms. The Labute approximate surface area is 67.7 Å². The van der Waals surface area contributed by atoms with Crippen LogP contribution in [0.5, 0.6) is 5.88 Å². The van der Waals surface area contributed by atoms with E-state index in [0.29, 0.717) is 0 Å². The zero-order chi connectivity index (χ0) is 10.8. The van der Waals surface area contributed by atoms with Gasteiger partial charge in [0.1, 0.15) is 0 Å². The molecule has 0 fully saturated rings. The lowest BCUT2D eigenvalue weighted by atomic mass is 10.3. The van der Waals surface area contributed by atoms with Crippen molar-refractivity contribution < 1.29 is 18.8 Å². The zero-order valence-electron chi connectivity index (χ0n) is 8.44. The van der Waals surface area contributed by atoms with Gasteiger partial charge in [-0.05, 0) is 6.07 Å². The van der Waals surface area contributed by atoms with Crippen LogP contribution in [-0.4, -0.2) is 23.1 Å². The topological polar surface area (TPSA) is 59.4 Å². The summed E-state index contributed by atoms with van der Waals surface area (Å²) in [7, 11) is -2.62. The summed E-state index contributed by atoms with van der Waals surface area (Å²) in [4.78, 5) is 13.9. The molecule has 1 aromatic heterocycles. The summed E-state index contributed by atoms with van der Waals surface area (Å²) in [5, 5.41) is 8.55. The molecule has 0 aromatic carbocycles. The highest BCUT2D eigenvalue weighted by molar-refractivity contribution is 5.85. The fourth-order valence-electron chi connectivity index (χ4n) is 0.591. The maximum absolute atomic E-state index is 10.5. The SMILES string of the molecule is [2H]C([2H])([2H])Oc1cccc(C(=O)O)n1. The second-order valence-electron chi connectivity index (χ2n) is 1.77. The van der Waals surface area contributed by atoms with Gasteiger partial charge >= 0.3 is 5.97 Å². The largest absolute Gasteiger partial charge is 0.481 e. The van der Waals surface area contributed by atoms with Crippen LogP contribution >= 0.6 is 0 Å². The average molecular weight is 156 g/mol. The van der Waals surface area contributed by atoms with Gasteiger partial charge in [-0.2, -0.15) is 0 Å². The van der Waals surface area contributed by atoms with E-state index in [4.69, 9.17) is 9.22 Å². The number of carboxylic acids is 1. The third-order valence-corrected chi connectivity index (χ3v) is 1.05. The minimum Gasteiger partial charge on any atom is -0.481 e. The summed E-state index contributed by atoms with van der Waals surface area (Å²) in [6, 6.07) is 3.88. The predicted molar refractivity (Wildman–Crippen MR) is 37.7 cm³/mol. The standard InChI is InChI=1S/C7H7NO3/c1-11-6-4-2-3-5(8-6)7(9)10/h2-4H,1H3,(H,9,10)/i1D3. The molecule has 0 bridgehead atoms. The second kappa shape index (κ2) is 3.01. The lowest BCUT2D eigenvalue weighted by Crippen LogP contribution is -2.00. The molecule has 1 N–H and O–H groups in total. The number of aromatic nitrogens is 1. The van der Waals surface area contributed by atoms with E-state index in [9.17, 15) is 4.79 Å². The van der Waals surface area contributed by atoms with Crippen molar-refractivity contribution in [2.45, 2.75) is 0 Å². The Morgan fingerprint density at radius 1 is 1.82 bits per heavy atom. The molecule has 1 heterocycles. The molecule has 0 saturated carbocycles. The van der Waals surface area contributed by atoms with E-state index in [-0.39, 0.29) is 11.6 Å². The van der Waals surface area contributed by atoms with E-state index >= 15 is 0 Å². The highest BCUT2D eigenvalue weighted by Gasteiger charge is 2.03. The molecule has 4 heteroatoms. The van der Waals surface area contributed by atoms with Crippen molar-refractivity contribution in [2.24, 2.45) is 0 Å². The van der Waals surface area contributed by atoms with Crippen LogP contribution in [0.1, 0.15) is 14.6 Å². The van der Waals surface area contributed by atoms with Gasteiger partial charge in [0.2, 0.25) is 5.88 Å². The Kier molecular flexibility index (Phi) is 1.18. The lowest BCUT2D eigenvalue weighted by Gasteiger charge is -1.97. The molecule has 4 nitrogen and oxygen atoms in total. The summed E-state index contributed by atoms with van der Waals surface area (Å²) >= 11 is 0. The normalized spacial score (nSPS) is 14.4. The Morgan fingerprint density at radius 2 is 2.64 bits per heavy atom. The van der Waals surface area contributed by atoms with E-state index < -0.39 is 13.0 Å². The Bertz CT molecular complexity index is 350. The van der Waals surface area contributed by atoms with Gasteiger partial charge in [-0.1, -0.05) is 6.07 Å². The van der Waals surface area contributed by atoms with Crippen LogP contribution in [0.2, 0.25) is 0 Å². The summed E-state index contributed by atoms with van der Waals surface area (Å²) in [6.45, 7) is 0. The number of nitrogens with zero attached hydrogens (tertiary/aromatic N) is 1. The first kappa shape index (κ1) is 4.33. The Morgan fingerprint density at radius 3 is 3.27 bits per heavy atom. The zero-order valence-corrected chi connectivity index (χ0v) is 5.44. The van der Waals surface area contributed by atoms with Gasteiger partial charge in [0.25, 0.3) is 0 Å². The van der Waals surface area contributed by atoms with Gasteiger partial charge in [-0.25, -0.2) is 9.78 Å². The monoisotopic (exact) mass is 156 g/mol. The van der Waals surface area contributed by atoms with Gasteiger partial charge in [-0.15, -0.1) is 0 Å². The van der Waals surface area contributed by atoms with Crippen LogP contribution in [-0.2, 0) is 0 Å². The van der Waals surface area contributed by atoms with Gasteiger partial charge in [0.05, 0.1) is 11.2 Å². The van der Waals surface area contributed by atoms with E-state index in [1.54, 1.807) is 0 Å². The number of rotatable bonds is 2. The maximum Gasteiger partial charge on any atom is 0.354 e. The first-order chi connectivity index (χ1) is 6.38. The number of aromatic carboxylic acids is 1. The molecule has 0 aliphatic heterocycles. The molecule has 1 rings (SSSR count). The molecule has 1 aromatic rings. The van der Waals surface area contributed by atoms with Crippen molar-refractivity contribution in [1.82, 2.24) is 4.98 Å². The summed E-state index contributed by atoms with van der Waals surface area (Å²) < 4.78 is 24.7. The molecule has 0 aliphatic carbocycles. The third-order valence-electron chi connectivity index (χ3n) is 1.05. The van der Waals surface area contributed by atoms with Crippen LogP contribution in [0, 0.1) is 0 Å². The molecular formula is C7H7NO3. The molecule has 0 atom stereocenters. The predicted octanol–water partition coefficient (Wildman–Crippen LogP) is 0.788. The second-order valence-corrected chi connectivity index (χ2v) is 1.77. The minimum absolute atomic E-state index is 0.232. The summed E-state index contributed by atoms with van der Waals surface area (Å²) in [5.41, 5.74) is -0.258. The Balaban J connectivity index is 2.89. The van der Waals surface area contributed by atoms with Crippen LogP contribution in [0.3, 0.4) is 0 Å². The highest BCUT2D eigenvalue weighted by Crippen LogP contribution is 2.05. The van der Waals surface area contributed by atoms with Crippen LogP contribution < -0.4 is 4.74 Å². The van der Waals surface area contributed by atoms with Gasteiger partial charge in [0, 0.05) is 6.07 Å². The van der Waals surface area contributed by atoms with Crippen LogP contribution in [0.15, 0.2) is 18.2 Å². The average Bonchev–Trinajstić information content (AvgIpc) is 2.01. The van der Waals surface area contributed by atoms with Crippen molar-refractivity contribution in [3.05, 3.63) is 23.9 Å². The number of ether oxygens (including phenoxy) is 1. The first-order valence-corrected chi connectivity index (χ1v) is 2.78.